The number of fused-ring (bicyclic) bond motifs is 1. The number of benzene rings is 2. The van der Waals surface area contributed by atoms with Crippen molar-refractivity contribution in [3.8, 4) is 0 Å². The van der Waals surface area contributed by atoms with Crippen molar-refractivity contribution in [2.75, 3.05) is 0 Å². The topological polar surface area (TPSA) is 0 Å². The third-order valence-electron chi connectivity index (χ3n) is 4.36. The number of rotatable bonds is 2. The normalized spacial score (nSPS) is 24.3. The molecule has 1 aliphatic carbocycles. The quantitative estimate of drug-likeness (QED) is 0.495. The second-order valence-corrected chi connectivity index (χ2v) is 6.44. The minimum Gasteiger partial charge on any atom is -0.123 e. The smallest absolute Gasteiger partial charge is 0.0338 e. The van der Waals surface area contributed by atoms with Crippen molar-refractivity contribution in [2.45, 2.75) is 43.9 Å². The fourth-order valence-electron chi connectivity index (χ4n) is 3.36. The average molecular weight is 273 g/mol. The minimum atomic E-state index is 0.391. The Balaban J connectivity index is 1.84. The van der Waals surface area contributed by atoms with Gasteiger partial charge in [-0.15, -0.1) is 11.6 Å². The molecule has 1 heteroatoms. The zero-order chi connectivity index (χ0) is 13.1. The largest absolute Gasteiger partial charge is 0.123 e. The van der Waals surface area contributed by atoms with E-state index in [1.54, 1.807) is 0 Å². The van der Waals surface area contributed by atoms with Crippen LogP contribution in [0.15, 0.2) is 42.5 Å². The van der Waals surface area contributed by atoms with E-state index in [0.29, 0.717) is 5.38 Å². The molecule has 1 aliphatic rings. The number of hydrogen-bond donors (Lipinski definition) is 0. The van der Waals surface area contributed by atoms with Gasteiger partial charge in [0, 0.05) is 5.38 Å². The summed E-state index contributed by atoms with van der Waals surface area (Å²) in [7, 11) is 0. The highest BCUT2D eigenvalue weighted by Crippen LogP contribution is 2.31. The molecule has 0 N–H and O–H groups in total. The summed E-state index contributed by atoms with van der Waals surface area (Å²) in [6.07, 6.45) is 7.56. The lowest BCUT2D eigenvalue weighted by Crippen LogP contribution is -2.09. The Morgan fingerprint density at radius 2 is 1.74 bits per heavy atom. The van der Waals surface area contributed by atoms with E-state index in [1.807, 2.05) is 0 Å². The molecule has 2 aromatic rings. The SMILES string of the molecule is ClC1CCCCC(Cc2cccc3ccccc23)C1. The van der Waals surface area contributed by atoms with E-state index in [2.05, 4.69) is 42.5 Å². The van der Waals surface area contributed by atoms with Crippen LogP contribution in [0.25, 0.3) is 10.8 Å². The first-order valence-electron chi connectivity index (χ1n) is 7.43. The van der Waals surface area contributed by atoms with Gasteiger partial charge in [0.2, 0.25) is 0 Å². The fourth-order valence-corrected chi connectivity index (χ4v) is 3.77. The van der Waals surface area contributed by atoms with Gasteiger partial charge in [0.25, 0.3) is 0 Å². The number of alkyl halides is 1. The number of halogens is 1. The summed E-state index contributed by atoms with van der Waals surface area (Å²) in [4.78, 5) is 0. The first-order valence-corrected chi connectivity index (χ1v) is 7.87. The first-order chi connectivity index (χ1) is 9.33. The van der Waals surface area contributed by atoms with Crippen molar-refractivity contribution < 1.29 is 0 Å². The predicted octanol–water partition coefficient (Wildman–Crippen LogP) is 5.57. The Labute approximate surface area is 120 Å². The van der Waals surface area contributed by atoms with E-state index in [9.17, 15) is 0 Å². The van der Waals surface area contributed by atoms with Crippen LogP contribution in [0.1, 0.15) is 37.7 Å². The maximum atomic E-state index is 6.40. The van der Waals surface area contributed by atoms with E-state index in [4.69, 9.17) is 11.6 Å². The molecule has 100 valence electrons. The molecule has 1 saturated carbocycles. The van der Waals surface area contributed by atoms with E-state index in [-0.39, 0.29) is 0 Å². The molecular formula is C18H21Cl. The lowest BCUT2D eigenvalue weighted by atomic mass is 9.90. The van der Waals surface area contributed by atoms with Crippen LogP contribution in [0, 0.1) is 5.92 Å². The second kappa shape index (κ2) is 5.96. The van der Waals surface area contributed by atoms with Gasteiger partial charge in [0.15, 0.2) is 0 Å². The van der Waals surface area contributed by atoms with Gasteiger partial charge in [-0.1, -0.05) is 61.7 Å². The fraction of sp³-hybridized carbons (Fsp3) is 0.444. The van der Waals surface area contributed by atoms with Gasteiger partial charge >= 0.3 is 0 Å². The molecule has 0 radical (unpaired) electrons. The second-order valence-electron chi connectivity index (χ2n) is 5.83. The summed E-state index contributed by atoms with van der Waals surface area (Å²) < 4.78 is 0. The highest BCUT2D eigenvalue weighted by Gasteiger charge is 2.19. The summed E-state index contributed by atoms with van der Waals surface area (Å²) in [5.41, 5.74) is 1.49. The number of hydrogen-bond acceptors (Lipinski definition) is 0. The molecular weight excluding hydrogens is 252 g/mol. The average Bonchev–Trinajstić information content (AvgIpc) is 2.63. The standard InChI is InChI=1S/C18H21Cl/c19-17-10-3-1-6-14(13-17)12-16-9-5-8-15-7-2-4-11-18(15)16/h2,4-5,7-9,11,14,17H,1,3,6,10,12-13H2. The van der Waals surface area contributed by atoms with Gasteiger partial charge in [-0.05, 0) is 41.5 Å². The maximum Gasteiger partial charge on any atom is 0.0338 e. The highest BCUT2D eigenvalue weighted by atomic mass is 35.5. The Bertz CT molecular complexity index is 541. The van der Waals surface area contributed by atoms with E-state index >= 15 is 0 Å². The zero-order valence-electron chi connectivity index (χ0n) is 11.3. The van der Waals surface area contributed by atoms with Crippen LogP contribution in [0.4, 0.5) is 0 Å². The molecule has 0 heterocycles. The maximum absolute atomic E-state index is 6.40. The van der Waals surface area contributed by atoms with Crippen LogP contribution < -0.4 is 0 Å². The van der Waals surface area contributed by atoms with E-state index < -0.39 is 0 Å². The van der Waals surface area contributed by atoms with Crippen molar-refractivity contribution >= 4 is 22.4 Å². The third kappa shape index (κ3) is 3.12. The summed E-state index contributed by atoms with van der Waals surface area (Å²) in [5.74, 6) is 0.760. The molecule has 19 heavy (non-hydrogen) atoms. The molecule has 2 unspecified atom stereocenters. The van der Waals surface area contributed by atoms with Gasteiger partial charge in [0.1, 0.15) is 0 Å². The summed E-state index contributed by atoms with van der Waals surface area (Å²) in [6, 6.07) is 15.4. The lowest BCUT2D eigenvalue weighted by Gasteiger charge is -2.17. The monoisotopic (exact) mass is 272 g/mol. The van der Waals surface area contributed by atoms with Gasteiger partial charge in [0.05, 0.1) is 0 Å². The molecule has 3 rings (SSSR count). The molecule has 2 atom stereocenters. The van der Waals surface area contributed by atoms with Crippen molar-refractivity contribution in [1.82, 2.24) is 0 Å². The van der Waals surface area contributed by atoms with Gasteiger partial charge in [-0.2, -0.15) is 0 Å². The van der Waals surface area contributed by atoms with Crippen LogP contribution in [-0.2, 0) is 6.42 Å². The van der Waals surface area contributed by atoms with Crippen LogP contribution >= 0.6 is 11.6 Å². The Morgan fingerprint density at radius 1 is 0.947 bits per heavy atom. The Hall–Kier alpha value is -1.01. The molecule has 2 aromatic carbocycles. The lowest BCUT2D eigenvalue weighted by molar-refractivity contribution is 0.461. The van der Waals surface area contributed by atoms with E-state index in [1.165, 1.54) is 54.9 Å². The van der Waals surface area contributed by atoms with E-state index in [0.717, 1.165) is 5.92 Å². The van der Waals surface area contributed by atoms with Crippen molar-refractivity contribution in [3.63, 3.8) is 0 Å². The Kier molecular flexibility index (Phi) is 4.08. The summed E-state index contributed by atoms with van der Waals surface area (Å²) in [5, 5.41) is 3.17. The molecule has 0 saturated heterocycles. The van der Waals surface area contributed by atoms with Crippen molar-refractivity contribution in [1.29, 1.82) is 0 Å². The predicted molar refractivity (Wildman–Crippen MR) is 83.9 cm³/mol. The van der Waals surface area contributed by atoms with Crippen molar-refractivity contribution in [3.05, 3.63) is 48.0 Å². The van der Waals surface area contributed by atoms with Crippen LogP contribution in [0.2, 0.25) is 0 Å². The highest BCUT2D eigenvalue weighted by molar-refractivity contribution is 6.20. The molecule has 0 aromatic heterocycles. The van der Waals surface area contributed by atoms with Gasteiger partial charge in [-0.25, -0.2) is 0 Å². The molecule has 0 bridgehead atoms. The van der Waals surface area contributed by atoms with Crippen molar-refractivity contribution in [2.24, 2.45) is 5.92 Å². The molecule has 0 nitrogen and oxygen atoms in total. The van der Waals surface area contributed by atoms with Crippen LogP contribution in [-0.4, -0.2) is 5.38 Å². The Morgan fingerprint density at radius 3 is 2.68 bits per heavy atom. The minimum absolute atomic E-state index is 0.391. The first kappa shape index (κ1) is 13.0. The van der Waals surface area contributed by atoms with Crippen LogP contribution in [0.5, 0.6) is 0 Å². The molecule has 0 aliphatic heterocycles. The molecule has 0 spiro atoms. The third-order valence-corrected chi connectivity index (χ3v) is 4.75. The van der Waals surface area contributed by atoms with Gasteiger partial charge in [-0.3, -0.25) is 0 Å². The summed E-state index contributed by atoms with van der Waals surface area (Å²) >= 11 is 6.40. The van der Waals surface area contributed by atoms with Crippen LogP contribution in [0.3, 0.4) is 0 Å². The molecule has 0 amide bonds. The molecule has 1 fully saturated rings. The zero-order valence-corrected chi connectivity index (χ0v) is 12.1. The van der Waals surface area contributed by atoms with Gasteiger partial charge < -0.3 is 0 Å². The summed E-state index contributed by atoms with van der Waals surface area (Å²) in [6.45, 7) is 0.